The molecule has 2 heterocycles. The molecular formula is C58H37NO2. The van der Waals surface area contributed by atoms with Crippen LogP contribution in [0.4, 0.5) is 17.1 Å². The van der Waals surface area contributed by atoms with Gasteiger partial charge in [0, 0.05) is 38.5 Å². The highest BCUT2D eigenvalue weighted by atomic mass is 16.3. The van der Waals surface area contributed by atoms with Crippen LogP contribution in [-0.4, -0.2) is 0 Å². The Bertz CT molecular complexity index is 3590. The van der Waals surface area contributed by atoms with Crippen LogP contribution in [0.5, 0.6) is 0 Å². The van der Waals surface area contributed by atoms with Crippen LogP contribution in [0.3, 0.4) is 0 Å². The molecule has 0 atom stereocenters. The van der Waals surface area contributed by atoms with Crippen LogP contribution in [-0.2, 0) is 0 Å². The number of furan rings is 2. The summed E-state index contributed by atoms with van der Waals surface area (Å²) in [6.07, 6.45) is 0. The van der Waals surface area contributed by atoms with Crippen molar-refractivity contribution in [2.75, 3.05) is 4.90 Å². The molecule has 0 aliphatic rings. The molecule has 12 aromatic rings. The van der Waals surface area contributed by atoms with Crippen LogP contribution in [0.1, 0.15) is 0 Å². The standard InChI is InChI=1S/C58H37NO2/c1-2-13-39(14-3-1)46-22-11-15-40-16-12-23-52(58(40)46)47-19-4-7-24-53(47)59(44-31-27-38(28-32-44)42-29-33-50-48-20-5-8-25-54(48)60-56(50)36-42)45-18-10-17-41(35-45)43-30-34-51-49-21-6-9-26-55(49)61-57(51)37-43/h1-37H. The number of rotatable bonds is 7. The second-order valence-electron chi connectivity index (χ2n) is 15.6. The molecule has 0 amide bonds. The summed E-state index contributed by atoms with van der Waals surface area (Å²) >= 11 is 0. The largest absolute Gasteiger partial charge is 0.456 e. The second kappa shape index (κ2) is 14.3. The van der Waals surface area contributed by atoms with E-state index in [0.29, 0.717) is 0 Å². The molecule has 0 spiro atoms. The summed E-state index contributed by atoms with van der Waals surface area (Å²) in [6, 6.07) is 80.1. The van der Waals surface area contributed by atoms with E-state index < -0.39 is 0 Å². The van der Waals surface area contributed by atoms with E-state index >= 15 is 0 Å². The van der Waals surface area contributed by atoms with Gasteiger partial charge in [-0.2, -0.15) is 0 Å². The molecule has 0 aliphatic heterocycles. The Morgan fingerprint density at radius 3 is 1.49 bits per heavy atom. The van der Waals surface area contributed by atoms with Crippen LogP contribution in [0.15, 0.2) is 233 Å². The lowest BCUT2D eigenvalue weighted by Gasteiger charge is -2.29. The van der Waals surface area contributed by atoms with Crippen molar-refractivity contribution in [1.82, 2.24) is 0 Å². The molecule has 2 aromatic heterocycles. The summed E-state index contributed by atoms with van der Waals surface area (Å²) in [7, 11) is 0. The van der Waals surface area contributed by atoms with Gasteiger partial charge in [0.25, 0.3) is 0 Å². The van der Waals surface area contributed by atoms with Gasteiger partial charge in [-0.25, -0.2) is 0 Å². The predicted octanol–water partition coefficient (Wildman–Crippen LogP) is 16.8. The number of hydrogen-bond acceptors (Lipinski definition) is 3. The maximum Gasteiger partial charge on any atom is 0.136 e. The van der Waals surface area contributed by atoms with Crippen LogP contribution in [0.25, 0.3) is 99.2 Å². The van der Waals surface area contributed by atoms with Gasteiger partial charge in [0.2, 0.25) is 0 Å². The molecule has 286 valence electrons. The van der Waals surface area contributed by atoms with Crippen LogP contribution < -0.4 is 4.90 Å². The average Bonchev–Trinajstić information content (AvgIpc) is 3.90. The van der Waals surface area contributed by atoms with E-state index in [9.17, 15) is 0 Å². The number of para-hydroxylation sites is 3. The molecule has 0 aliphatic carbocycles. The third-order valence-corrected chi connectivity index (χ3v) is 12.1. The zero-order chi connectivity index (χ0) is 40.3. The predicted molar refractivity (Wildman–Crippen MR) is 255 cm³/mol. The van der Waals surface area contributed by atoms with E-state index in [2.05, 4.69) is 205 Å². The molecular weight excluding hydrogens is 743 g/mol. The first-order valence-electron chi connectivity index (χ1n) is 20.7. The fourth-order valence-corrected chi connectivity index (χ4v) is 9.19. The summed E-state index contributed by atoms with van der Waals surface area (Å²) in [4.78, 5) is 2.40. The molecule has 0 bridgehead atoms. The van der Waals surface area contributed by atoms with Crippen molar-refractivity contribution in [3.8, 4) is 44.5 Å². The smallest absolute Gasteiger partial charge is 0.136 e. The number of nitrogens with zero attached hydrogens (tertiary/aromatic N) is 1. The SMILES string of the molecule is c1ccc(-c2cccc3cccc(-c4ccccc4N(c4ccc(-c5ccc6c(c5)oc5ccccc56)cc4)c4cccc(-c5ccc6c(c5)oc5ccccc56)c4)c23)cc1. The molecule has 10 aromatic carbocycles. The van der Waals surface area contributed by atoms with Crippen molar-refractivity contribution in [3.63, 3.8) is 0 Å². The Balaban J connectivity index is 1.02. The van der Waals surface area contributed by atoms with Gasteiger partial charge in [0.05, 0.1) is 5.69 Å². The number of fused-ring (bicyclic) bond motifs is 7. The summed E-state index contributed by atoms with van der Waals surface area (Å²) in [6.45, 7) is 0. The van der Waals surface area contributed by atoms with Gasteiger partial charge in [0.15, 0.2) is 0 Å². The summed E-state index contributed by atoms with van der Waals surface area (Å²) in [5.74, 6) is 0. The zero-order valence-corrected chi connectivity index (χ0v) is 33.1. The normalized spacial score (nSPS) is 11.6. The molecule has 0 saturated carbocycles. The van der Waals surface area contributed by atoms with Gasteiger partial charge in [-0.15, -0.1) is 0 Å². The third-order valence-electron chi connectivity index (χ3n) is 12.1. The number of hydrogen-bond donors (Lipinski definition) is 0. The Morgan fingerprint density at radius 1 is 0.279 bits per heavy atom. The Morgan fingerprint density at radius 2 is 0.787 bits per heavy atom. The third kappa shape index (κ3) is 5.98. The second-order valence-corrected chi connectivity index (χ2v) is 15.6. The fourth-order valence-electron chi connectivity index (χ4n) is 9.19. The quantitative estimate of drug-likeness (QED) is 0.161. The van der Waals surface area contributed by atoms with Crippen LogP contribution in [0, 0.1) is 0 Å². The number of anilines is 3. The first-order chi connectivity index (χ1) is 30.2. The van der Waals surface area contributed by atoms with Gasteiger partial charge in [-0.05, 0) is 116 Å². The minimum absolute atomic E-state index is 0.882. The summed E-state index contributed by atoms with van der Waals surface area (Å²) in [5.41, 5.74) is 15.9. The van der Waals surface area contributed by atoms with Crippen LogP contribution >= 0.6 is 0 Å². The Hall–Kier alpha value is -8.14. The monoisotopic (exact) mass is 779 g/mol. The highest BCUT2D eigenvalue weighted by Crippen LogP contribution is 2.46. The molecule has 3 heteroatoms. The van der Waals surface area contributed by atoms with E-state index in [0.717, 1.165) is 88.8 Å². The zero-order valence-electron chi connectivity index (χ0n) is 33.1. The average molecular weight is 780 g/mol. The number of benzene rings is 10. The van der Waals surface area contributed by atoms with Gasteiger partial charge in [-0.3, -0.25) is 0 Å². The van der Waals surface area contributed by atoms with Gasteiger partial charge in [0.1, 0.15) is 22.3 Å². The first-order valence-corrected chi connectivity index (χ1v) is 20.7. The minimum Gasteiger partial charge on any atom is -0.456 e. The fraction of sp³-hybridized carbons (Fsp3) is 0. The van der Waals surface area contributed by atoms with Gasteiger partial charge in [-0.1, -0.05) is 158 Å². The topological polar surface area (TPSA) is 29.5 Å². The van der Waals surface area contributed by atoms with Gasteiger partial charge >= 0.3 is 0 Å². The molecule has 3 nitrogen and oxygen atoms in total. The summed E-state index contributed by atoms with van der Waals surface area (Å²) < 4.78 is 12.6. The lowest BCUT2D eigenvalue weighted by atomic mass is 9.90. The van der Waals surface area contributed by atoms with Crippen molar-refractivity contribution in [3.05, 3.63) is 224 Å². The van der Waals surface area contributed by atoms with E-state index in [1.165, 1.54) is 27.5 Å². The lowest BCUT2D eigenvalue weighted by molar-refractivity contribution is 0.668. The highest BCUT2D eigenvalue weighted by Gasteiger charge is 2.21. The van der Waals surface area contributed by atoms with E-state index in [-0.39, 0.29) is 0 Å². The molecule has 0 saturated heterocycles. The lowest BCUT2D eigenvalue weighted by Crippen LogP contribution is -2.11. The van der Waals surface area contributed by atoms with Crippen LogP contribution in [0.2, 0.25) is 0 Å². The Labute approximate surface area is 353 Å². The van der Waals surface area contributed by atoms with Crippen molar-refractivity contribution in [2.45, 2.75) is 0 Å². The van der Waals surface area contributed by atoms with Crippen molar-refractivity contribution in [1.29, 1.82) is 0 Å². The van der Waals surface area contributed by atoms with Crippen molar-refractivity contribution in [2.24, 2.45) is 0 Å². The maximum atomic E-state index is 6.34. The molecule has 61 heavy (non-hydrogen) atoms. The Kier molecular flexibility index (Phi) is 8.17. The van der Waals surface area contributed by atoms with E-state index in [1.807, 2.05) is 24.3 Å². The van der Waals surface area contributed by atoms with E-state index in [4.69, 9.17) is 8.83 Å². The molecule has 0 unspecified atom stereocenters. The first kappa shape index (κ1) is 34.9. The van der Waals surface area contributed by atoms with Crippen molar-refractivity contribution < 1.29 is 8.83 Å². The molecule has 0 radical (unpaired) electrons. The van der Waals surface area contributed by atoms with Gasteiger partial charge < -0.3 is 13.7 Å². The molecule has 12 rings (SSSR count). The van der Waals surface area contributed by atoms with Crippen molar-refractivity contribution >= 4 is 71.7 Å². The highest BCUT2D eigenvalue weighted by molar-refractivity contribution is 6.10. The maximum absolute atomic E-state index is 6.34. The molecule has 0 fully saturated rings. The molecule has 0 N–H and O–H groups in total. The summed E-state index contributed by atoms with van der Waals surface area (Å²) in [5, 5.41) is 6.94. The van der Waals surface area contributed by atoms with E-state index in [1.54, 1.807) is 0 Å². The minimum atomic E-state index is 0.882.